The Hall–Kier alpha value is -2.29. The number of benzene rings is 1. The van der Waals surface area contributed by atoms with Crippen LogP contribution in [0.4, 0.5) is 4.39 Å². The first-order valence-corrected chi connectivity index (χ1v) is 9.61. The molecule has 2 atom stereocenters. The van der Waals surface area contributed by atoms with Gasteiger partial charge in [0, 0.05) is 24.1 Å². The second-order valence-corrected chi connectivity index (χ2v) is 7.66. The molecule has 0 spiro atoms. The van der Waals surface area contributed by atoms with Gasteiger partial charge in [-0.1, -0.05) is 37.3 Å². The third-order valence-electron chi connectivity index (χ3n) is 5.92. The van der Waals surface area contributed by atoms with E-state index in [9.17, 15) is 9.50 Å². The SMILES string of the molecule is CCC1C=CC=CC1(C1=CCN(CC2CC2)C=C1)c1cc(F)ccc1O. The van der Waals surface area contributed by atoms with Gasteiger partial charge in [-0.05, 0) is 67.1 Å². The fraction of sp³-hybridized carbons (Fsp3) is 0.391. The van der Waals surface area contributed by atoms with E-state index in [-0.39, 0.29) is 17.5 Å². The lowest BCUT2D eigenvalue weighted by Gasteiger charge is -2.42. The minimum Gasteiger partial charge on any atom is -0.508 e. The van der Waals surface area contributed by atoms with E-state index in [2.05, 4.69) is 48.4 Å². The van der Waals surface area contributed by atoms with Crippen molar-refractivity contribution in [3.05, 3.63) is 77.8 Å². The molecule has 0 saturated heterocycles. The van der Waals surface area contributed by atoms with Gasteiger partial charge in [0.15, 0.2) is 0 Å². The molecule has 0 radical (unpaired) electrons. The Balaban J connectivity index is 1.76. The number of aromatic hydroxyl groups is 1. The third-order valence-corrected chi connectivity index (χ3v) is 5.92. The maximum atomic E-state index is 14.1. The largest absolute Gasteiger partial charge is 0.508 e. The van der Waals surface area contributed by atoms with Crippen LogP contribution >= 0.6 is 0 Å². The molecular formula is C23H26FNO. The van der Waals surface area contributed by atoms with Gasteiger partial charge in [0.05, 0.1) is 0 Å². The van der Waals surface area contributed by atoms with Gasteiger partial charge in [-0.2, -0.15) is 0 Å². The van der Waals surface area contributed by atoms with Crippen molar-refractivity contribution in [1.82, 2.24) is 4.90 Å². The van der Waals surface area contributed by atoms with Crippen molar-refractivity contribution in [2.45, 2.75) is 31.6 Å². The molecule has 2 unspecified atom stereocenters. The quantitative estimate of drug-likeness (QED) is 0.799. The lowest BCUT2D eigenvalue weighted by atomic mass is 9.62. The van der Waals surface area contributed by atoms with Gasteiger partial charge in [0.25, 0.3) is 0 Å². The predicted octanol–water partition coefficient (Wildman–Crippen LogP) is 5.09. The Morgan fingerprint density at radius 1 is 1.27 bits per heavy atom. The topological polar surface area (TPSA) is 23.5 Å². The molecule has 1 aliphatic heterocycles. The van der Waals surface area contributed by atoms with E-state index in [1.807, 2.05) is 6.08 Å². The van der Waals surface area contributed by atoms with Gasteiger partial charge < -0.3 is 10.0 Å². The standard InChI is InChI=1S/C23H26FNO/c1-2-18-5-3-4-12-23(18,21-15-20(24)8-9-22(21)26)19-10-13-25(14-11-19)16-17-6-7-17/h3-5,8-13,15,17-18,26H,2,6-7,14,16H2,1H3. The summed E-state index contributed by atoms with van der Waals surface area (Å²) in [5.74, 6) is 0.855. The van der Waals surface area contributed by atoms with Crippen molar-refractivity contribution >= 4 is 0 Å². The van der Waals surface area contributed by atoms with E-state index in [1.54, 1.807) is 0 Å². The van der Waals surface area contributed by atoms with Gasteiger partial charge in [0.2, 0.25) is 0 Å². The van der Waals surface area contributed by atoms with Crippen molar-refractivity contribution in [1.29, 1.82) is 0 Å². The van der Waals surface area contributed by atoms with Crippen LogP contribution in [0.2, 0.25) is 0 Å². The van der Waals surface area contributed by atoms with Crippen molar-refractivity contribution in [2.75, 3.05) is 13.1 Å². The number of phenols is 1. The molecule has 3 heteroatoms. The minimum atomic E-state index is -0.530. The molecule has 136 valence electrons. The maximum absolute atomic E-state index is 14.1. The normalized spacial score (nSPS) is 27.7. The first kappa shape index (κ1) is 17.1. The summed E-state index contributed by atoms with van der Waals surface area (Å²) in [6, 6.07) is 4.28. The highest BCUT2D eigenvalue weighted by atomic mass is 19.1. The van der Waals surface area contributed by atoms with Gasteiger partial charge >= 0.3 is 0 Å². The summed E-state index contributed by atoms with van der Waals surface area (Å²) in [7, 11) is 0. The van der Waals surface area contributed by atoms with Crippen LogP contribution in [0, 0.1) is 17.7 Å². The Morgan fingerprint density at radius 2 is 2.12 bits per heavy atom. The van der Waals surface area contributed by atoms with Gasteiger partial charge in [-0.3, -0.25) is 0 Å². The second-order valence-electron chi connectivity index (χ2n) is 7.66. The Labute approximate surface area is 155 Å². The van der Waals surface area contributed by atoms with Crippen LogP contribution in [0.15, 0.2) is 66.4 Å². The van der Waals surface area contributed by atoms with E-state index in [1.165, 1.54) is 31.0 Å². The molecule has 4 rings (SSSR count). The van der Waals surface area contributed by atoms with E-state index in [4.69, 9.17) is 0 Å². The monoisotopic (exact) mass is 351 g/mol. The van der Waals surface area contributed by atoms with Gasteiger partial charge in [-0.25, -0.2) is 4.39 Å². The number of halogens is 1. The number of rotatable bonds is 5. The predicted molar refractivity (Wildman–Crippen MR) is 103 cm³/mol. The summed E-state index contributed by atoms with van der Waals surface area (Å²) in [4.78, 5) is 2.35. The van der Waals surface area contributed by atoms with Crippen LogP contribution in [0.1, 0.15) is 31.7 Å². The molecular weight excluding hydrogens is 325 g/mol. The maximum Gasteiger partial charge on any atom is 0.123 e. The molecule has 1 aromatic carbocycles. The fourth-order valence-corrected chi connectivity index (χ4v) is 4.34. The van der Waals surface area contributed by atoms with Crippen LogP contribution < -0.4 is 0 Å². The average Bonchev–Trinajstić information content (AvgIpc) is 3.48. The highest BCUT2D eigenvalue weighted by molar-refractivity contribution is 5.56. The fourth-order valence-electron chi connectivity index (χ4n) is 4.34. The summed E-state index contributed by atoms with van der Waals surface area (Å²) < 4.78 is 14.1. The first-order valence-electron chi connectivity index (χ1n) is 9.61. The highest BCUT2D eigenvalue weighted by Gasteiger charge is 2.42. The zero-order valence-electron chi connectivity index (χ0n) is 15.2. The molecule has 3 aliphatic rings. The molecule has 1 N–H and O–H groups in total. The molecule has 0 aromatic heterocycles. The van der Waals surface area contributed by atoms with Gasteiger partial charge in [-0.15, -0.1) is 0 Å². The Morgan fingerprint density at radius 3 is 2.81 bits per heavy atom. The lowest BCUT2D eigenvalue weighted by molar-refractivity contribution is 0.373. The van der Waals surface area contributed by atoms with E-state index in [0.29, 0.717) is 5.56 Å². The zero-order chi connectivity index (χ0) is 18.1. The molecule has 26 heavy (non-hydrogen) atoms. The molecule has 0 amide bonds. The summed E-state index contributed by atoms with van der Waals surface area (Å²) in [6.45, 7) is 4.13. The summed E-state index contributed by atoms with van der Waals surface area (Å²) in [6.07, 6.45) is 18.5. The molecule has 2 nitrogen and oxygen atoms in total. The Bertz CT molecular complexity index is 802. The number of allylic oxidation sites excluding steroid dienone is 6. The van der Waals surface area contributed by atoms with Crippen LogP contribution in [-0.2, 0) is 5.41 Å². The second kappa shape index (κ2) is 6.79. The molecule has 1 aromatic rings. The van der Waals surface area contributed by atoms with Crippen LogP contribution in [0.5, 0.6) is 5.75 Å². The molecule has 1 saturated carbocycles. The van der Waals surface area contributed by atoms with Crippen molar-refractivity contribution in [2.24, 2.45) is 11.8 Å². The van der Waals surface area contributed by atoms with Crippen molar-refractivity contribution in [3.63, 3.8) is 0 Å². The minimum absolute atomic E-state index is 0.152. The highest BCUT2D eigenvalue weighted by Crippen LogP contribution is 2.49. The first-order chi connectivity index (χ1) is 12.6. The van der Waals surface area contributed by atoms with E-state index < -0.39 is 5.41 Å². The summed E-state index contributed by atoms with van der Waals surface area (Å²) in [5.41, 5.74) is 1.26. The molecule has 0 bridgehead atoms. The van der Waals surface area contributed by atoms with E-state index in [0.717, 1.165) is 31.0 Å². The average molecular weight is 351 g/mol. The number of hydrogen-bond acceptors (Lipinski definition) is 2. The smallest absolute Gasteiger partial charge is 0.123 e. The zero-order valence-corrected chi connectivity index (χ0v) is 15.2. The summed E-state index contributed by atoms with van der Waals surface area (Å²) >= 11 is 0. The van der Waals surface area contributed by atoms with E-state index >= 15 is 0 Å². The Kier molecular flexibility index (Phi) is 4.47. The number of hydrogen-bond donors (Lipinski definition) is 1. The van der Waals surface area contributed by atoms with Gasteiger partial charge in [0.1, 0.15) is 11.6 Å². The summed E-state index contributed by atoms with van der Waals surface area (Å²) in [5, 5.41) is 10.6. The number of phenolic OH excluding ortho intramolecular Hbond substituents is 1. The van der Waals surface area contributed by atoms with Crippen LogP contribution in [-0.4, -0.2) is 23.1 Å². The molecule has 1 heterocycles. The lowest BCUT2D eigenvalue weighted by Crippen LogP contribution is -2.37. The van der Waals surface area contributed by atoms with Crippen LogP contribution in [0.25, 0.3) is 0 Å². The molecule has 1 fully saturated rings. The third kappa shape index (κ3) is 3.00. The molecule has 2 aliphatic carbocycles. The van der Waals surface area contributed by atoms with Crippen molar-refractivity contribution < 1.29 is 9.50 Å². The van der Waals surface area contributed by atoms with Crippen molar-refractivity contribution in [3.8, 4) is 5.75 Å². The number of nitrogens with zero attached hydrogens (tertiary/aromatic N) is 1. The van der Waals surface area contributed by atoms with Crippen LogP contribution in [0.3, 0.4) is 0 Å².